The number of carbonyl (C=O) groups is 2. The number of piperidine rings is 1. The molecule has 0 aromatic carbocycles. The average Bonchev–Trinajstić information content (AvgIpc) is 2.45. The number of nitrogens with one attached hydrogen (secondary N) is 2. The van der Waals surface area contributed by atoms with Gasteiger partial charge in [0.15, 0.2) is 0 Å². The fourth-order valence-corrected chi connectivity index (χ4v) is 2.36. The summed E-state index contributed by atoms with van der Waals surface area (Å²) in [6, 6.07) is -0.566. The van der Waals surface area contributed by atoms with E-state index in [9.17, 15) is 9.59 Å². The highest BCUT2D eigenvalue weighted by Gasteiger charge is 2.33. The Bertz CT molecular complexity index is 323. The van der Waals surface area contributed by atoms with Crippen molar-refractivity contribution in [2.24, 2.45) is 0 Å². The van der Waals surface area contributed by atoms with Crippen LogP contribution in [-0.4, -0.2) is 62.1 Å². The number of hydrogen-bond donors (Lipinski definition) is 2. The highest BCUT2D eigenvalue weighted by Crippen LogP contribution is 2.15. The first-order valence-electron chi connectivity index (χ1n) is 7.42. The normalized spacial score (nSPS) is 20.9. The van der Waals surface area contributed by atoms with E-state index < -0.39 is 6.04 Å². The summed E-state index contributed by atoms with van der Waals surface area (Å²) in [6.45, 7) is 6.29. The van der Waals surface area contributed by atoms with Crippen LogP contribution in [-0.2, 0) is 14.3 Å². The second-order valence-electron chi connectivity index (χ2n) is 5.14. The van der Waals surface area contributed by atoms with E-state index >= 15 is 0 Å². The molecule has 0 bridgehead atoms. The Labute approximate surface area is 121 Å². The molecule has 0 aromatic rings. The van der Waals surface area contributed by atoms with Crippen LogP contribution in [0.1, 0.15) is 33.1 Å². The summed E-state index contributed by atoms with van der Waals surface area (Å²) in [6.07, 6.45) is 2.78. The molecule has 0 radical (unpaired) electrons. The van der Waals surface area contributed by atoms with Crippen LogP contribution in [0.5, 0.6) is 0 Å². The first-order chi connectivity index (χ1) is 9.61. The predicted molar refractivity (Wildman–Crippen MR) is 77.4 cm³/mol. The summed E-state index contributed by atoms with van der Waals surface area (Å²) in [4.78, 5) is 26.0. The van der Waals surface area contributed by atoms with E-state index in [0.29, 0.717) is 19.7 Å². The molecule has 1 aliphatic heterocycles. The first-order valence-corrected chi connectivity index (χ1v) is 7.42. The number of hydrogen-bond acceptors (Lipinski definition) is 4. The third kappa shape index (κ3) is 4.76. The highest BCUT2D eigenvalue weighted by molar-refractivity contribution is 5.90. The molecule has 1 fully saturated rings. The van der Waals surface area contributed by atoms with E-state index in [1.165, 1.54) is 0 Å². The lowest BCUT2D eigenvalue weighted by molar-refractivity contribution is -0.143. The van der Waals surface area contributed by atoms with Crippen LogP contribution in [0.3, 0.4) is 0 Å². The Kier molecular flexibility index (Phi) is 7.54. The highest BCUT2D eigenvalue weighted by atomic mass is 16.5. The van der Waals surface area contributed by atoms with Crippen LogP contribution in [0.15, 0.2) is 0 Å². The Hall–Kier alpha value is -1.14. The number of carbonyl (C=O) groups excluding carboxylic acids is 2. The van der Waals surface area contributed by atoms with Crippen LogP contribution >= 0.6 is 0 Å². The van der Waals surface area contributed by atoms with E-state index in [1.807, 2.05) is 0 Å². The van der Waals surface area contributed by atoms with Gasteiger partial charge >= 0.3 is 0 Å². The second kappa shape index (κ2) is 8.92. The SMILES string of the molecule is CCCNC1CCCN(C(C)C(=O)NCCOC)C1=O. The molecule has 1 saturated heterocycles. The summed E-state index contributed by atoms with van der Waals surface area (Å²) in [5.74, 6) is -0.0781. The minimum atomic E-state index is -0.425. The number of methoxy groups -OCH3 is 1. The van der Waals surface area contributed by atoms with E-state index in [2.05, 4.69) is 17.6 Å². The molecule has 1 heterocycles. The molecule has 1 rings (SSSR count). The van der Waals surface area contributed by atoms with Crippen molar-refractivity contribution in [3.63, 3.8) is 0 Å². The summed E-state index contributed by atoms with van der Waals surface area (Å²) in [5, 5.41) is 6.04. The summed E-state index contributed by atoms with van der Waals surface area (Å²) >= 11 is 0. The van der Waals surface area contributed by atoms with Crippen molar-refractivity contribution in [2.75, 3.05) is 33.4 Å². The van der Waals surface area contributed by atoms with Crippen LogP contribution in [0.4, 0.5) is 0 Å². The summed E-state index contributed by atoms with van der Waals surface area (Å²) in [5.41, 5.74) is 0. The quantitative estimate of drug-likeness (QED) is 0.622. The molecular weight excluding hydrogens is 258 g/mol. The van der Waals surface area contributed by atoms with Crippen molar-refractivity contribution < 1.29 is 14.3 Å². The van der Waals surface area contributed by atoms with Crippen LogP contribution in [0.2, 0.25) is 0 Å². The number of nitrogens with zero attached hydrogens (tertiary/aromatic N) is 1. The van der Waals surface area contributed by atoms with Gasteiger partial charge in [-0.05, 0) is 32.7 Å². The Balaban J connectivity index is 2.51. The average molecular weight is 285 g/mol. The Morgan fingerprint density at radius 1 is 1.50 bits per heavy atom. The molecule has 2 amide bonds. The first kappa shape index (κ1) is 16.9. The van der Waals surface area contributed by atoms with Crippen molar-refractivity contribution in [1.29, 1.82) is 0 Å². The zero-order chi connectivity index (χ0) is 15.0. The minimum absolute atomic E-state index is 0.0408. The second-order valence-corrected chi connectivity index (χ2v) is 5.14. The van der Waals surface area contributed by atoms with E-state index in [1.54, 1.807) is 18.9 Å². The van der Waals surface area contributed by atoms with Crippen molar-refractivity contribution in [1.82, 2.24) is 15.5 Å². The standard InChI is InChI=1S/C14H27N3O3/c1-4-7-15-12-6-5-9-17(14(12)19)11(2)13(18)16-8-10-20-3/h11-12,15H,4-10H2,1-3H3,(H,16,18). The van der Waals surface area contributed by atoms with Gasteiger partial charge in [-0.1, -0.05) is 6.92 Å². The van der Waals surface area contributed by atoms with Gasteiger partial charge in [0.25, 0.3) is 0 Å². The van der Waals surface area contributed by atoms with E-state index in [-0.39, 0.29) is 17.9 Å². The van der Waals surface area contributed by atoms with Crippen molar-refractivity contribution in [3.8, 4) is 0 Å². The largest absolute Gasteiger partial charge is 0.383 e. The Morgan fingerprint density at radius 2 is 2.25 bits per heavy atom. The monoisotopic (exact) mass is 285 g/mol. The molecule has 0 saturated carbocycles. The molecule has 0 spiro atoms. The number of rotatable bonds is 8. The summed E-state index contributed by atoms with van der Waals surface area (Å²) < 4.78 is 4.89. The maximum absolute atomic E-state index is 12.4. The van der Waals surface area contributed by atoms with Gasteiger partial charge < -0.3 is 20.3 Å². The number of ether oxygens (including phenoxy) is 1. The van der Waals surface area contributed by atoms with Gasteiger partial charge in [0, 0.05) is 20.2 Å². The minimum Gasteiger partial charge on any atom is -0.383 e. The molecule has 2 atom stereocenters. The van der Waals surface area contributed by atoms with Crippen molar-refractivity contribution in [3.05, 3.63) is 0 Å². The molecule has 6 nitrogen and oxygen atoms in total. The van der Waals surface area contributed by atoms with Crippen molar-refractivity contribution >= 4 is 11.8 Å². The molecule has 20 heavy (non-hydrogen) atoms. The van der Waals surface area contributed by atoms with Gasteiger partial charge in [0.1, 0.15) is 6.04 Å². The smallest absolute Gasteiger partial charge is 0.242 e. The zero-order valence-electron chi connectivity index (χ0n) is 12.8. The van der Waals surface area contributed by atoms with Crippen molar-refractivity contribution in [2.45, 2.75) is 45.2 Å². The predicted octanol–water partition coefficient (Wildman–Crippen LogP) is 0.128. The van der Waals surface area contributed by atoms with Crippen LogP contribution < -0.4 is 10.6 Å². The molecule has 1 aliphatic rings. The van der Waals surface area contributed by atoms with E-state index in [4.69, 9.17) is 4.74 Å². The molecule has 0 aliphatic carbocycles. The van der Waals surface area contributed by atoms with Gasteiger partial charge in [-0.2, -0.15) is 0 Å². The molecule has 6 heteroatoms. The fraction of sp³-hybridized carbons (Fsp3) is 0.857. The third-order valence-corrected chi connectivity index (χ3v) is 3.57. The maximum Gasteiger partial charge on any atom is 0.242 e. The molecule has 2 N–H and O–H groups in total. The zero-order valence-corrected chi connectivity index (χ0v) is 12.8. The third-order valence-electron chi connectivity index (χ3n) is 3.57. The fourth-order valence-electron chi connectivity index (χ4n) is 2.36. The molecule has 0 aromatic heterocycles. The van der Waals surface area contributed by atoms with Gasteiger partial charge in [-0.15, -0.1) is 0 Å². The molecular formula is C14H27N3O3. The summed E-state index contributed by atoms with van der Waals surface area (Å²) in [7, 11) is 1.59. The lowest BCUT2D eigenvalue weighted by Gasteiger charge is -2.36. The van der Waals surface area contributed by atoms with Gasteiger partial charge in [-0.25, -0.2) is 0 Å². The van der Waals surface area contributed by atoms with Gasteiger partial charge in [0.2, 0.25) is 11.8 Å². The molecule has 2 unspecified atom stereocenters. The van der Waals surface area contributed by atoms with Crippen LogP contribution in [0, 0.1) is 0 Å². The lowest BCUT2D eigenvalue weighted by Crippen LogP contribution is -2.57. The molecule has 116 valence electrons. The maximum atomic E-state index is 12.4. The topological polar surface area (TPSA) is 70.7 Å². The van der Waals surface area contributed by atoms with Gasteiger partial charge in [0.05, 0.1) is 12.6 Å². The van der Waals surface area contributed by atoms with Crippen LogP contribution in [0.25, 0.3) is 0 Å². The lowest BCUT2D eigenvalue weighted by atomic mass is 10.0. The van der Waals surface area contributed by atoms with Gasteiger partial charge in [-0.3, -0.25) is 9.59 Å². The number of likely N-dealkylation sites (tertiary alicyclic amines) is 1. The Morgan fingerprint density at radius 3 is 2.90 bits per heavy atom. The van der Waals surface area contributed by atoms with E-state index in [0.717, 1.165) is 25.8 Å². The number of amides is 2.